The molecule has 1 aliphatic rings. The third-order valence-electron chi connectivity index (χ3n) is 4.62. The first-order valence-electron chi connectivity index (χ1n) is 8.66. The summed E-state index contributed by atoms with van der Waals surface area (Å²) < 4.78 is 32.7. The molecule has 1 fully saturated rings. The quantitative estimate of drug-likeness (QED) is 0.605. The first-order chi connectivity index (χ1) is 13.3. The SMILES string of the molecule is COC(=O)c1ccc(CN2CCN(S(=O)(=O)c3ccc(Br)cc3Cl)CC2)cc1. The molecule has 2 aromatic carbocycles. The molecule has 0 amide bonds. The van der Waals surface area contributed by atoms with Crippen LogP contribution in [0.2, 0.25) is 5.02 Å². The number of halogens is 2. The molecule has 2 aromatic rings. The Labute approximate surface area is 178 Å². The minimum absolute atomic E-state index is 0.129. The van der Waals surface area contributed by atoms with Crippen molar-refractivity contribution < 1.29 is 17.9 Å². The van der Waals surface area contributed by atoms with Gasteiger partial charge in [0.1, 0.15) is 4.90 Å². The van der Waals surface area contributed by atoms with Gasteiger partial charge < -0.3 is 4.74 Å². The van der Waals surface area contributed by atoms with Crippen molar-refractivity contribution in [1.82, 2.24) is 9.21 Å². The minimum Gasteiger partial charge on any atom is -0.465 e. The largest absolute Gasteiger partial charge is 0.465 e. The predicted molar refractivity (Wildman–Crippen MR) is 111 cm³/mol. The average Bonchev–Trinajstić information content (AvgIpc) is 2.68. The summed E-state index contributed by atoms with van der Waals surface area (Å²) in [4.78, 5) is 13.8. The van der Waals surface area contributed by atoms with E-state index in [1.54, 1.807) is 24.3 Å². The monoisotopic (exact) mass is 486 g/mol. The van der Waals surface area contributed by atoms with Crippen LogP contribution < -0.4 is 0 Å². The lowest BCUT2D eigenvalue weighted by atomic mass is 10.1. The van der Waals surface area contributed by atoms with Gasteiger partial charge in [0, 0.05) is 37.2 Å². The number of esters is 1. The molecule has 3 rings (SSSR count). The Hall–Kier alpha value is -1.45. The molecular formula is C19H20BrClN2O4S. The van der Waals surface area contributed by atoms with Crippen LogP contribution in [0.3, 0.4) is 0 Å². The summed E-state index contributed by atoms with van der Waals surface area (Å²) >= 11 is 9.43. The van der Waals surface area contributed by atoms with Crippen LogP contribution in [0.5, 0.6) is 0 Å². The van der Waals surface area contributed by atoms with Gasteiger partial charge in [0.15, 0.2) is 0 Å². The summed E-state index contributed by atoms with van der Waals surface area (Å²) in [7, 11) is -2.27. The fourth-order valence-corrected chi connectivity index (χ4v) is 5.51. The maximum Gasteiger partial charge on any atom is 0.337 e. The fourth-order valence-electron chi connectivity index (χ4n) is 3.07. The number of methoxy groups -OCH3 is 1. The van der Waals surface area contributed by atoms with Gasteiger partial charge in [0.25, 0.3) is 0 Å². The van der Waals surface area contributed by atoms with Crippen LogP contribution in [0.15, 0.2) is 51.8 Å². The van der Waals surface area contributed by atoms with Crippen LogP contribution in [-0.4, -0.2) is 56.9 Å². The maximum absolute atomic E-state index is 12.9. The van der Waals surface area contributed by atoms with E-state index in [1.165, 1.54) is 17.5 Å². The molecule has 1 aliphatic heterocycles. The van der Waals surface area contributed by atoms with E-state index in [2.05, 4.69) is 20.8 Å². The molecule has 0 bridgehead atoms. The van der Waals surface area contributed by atoms with E-state index in [-0.39, 0.29) is 15.9 Å². The molecule has 0 spiro atoms. The van der Waals surface area contributed by atoms with E-state index in [1.807, 2.05) is 12.1 Å². The van der Waals surface area contributed by atoms with Crippen molar-refractivity contribution >= 4 is 43.5 Å². The van der Waals surface area contributed by atoms with Crippen molar-refractivity contribution in [3.63, 3.8) is 0 Å². The summed E-state index contributed by atoms with van der Waals surface area (Å²) in [6.45, 7) is 2.72. The Bertz CT molecular complexity index is 958. The fraction of sp³-hybridized carbons (Fsp3) is 0.316. The van der Waals surface area contributed by atoms with Gasteiger partial charge in [-0.25, -0.2) is 13.2 Å². The number of carbonyl (C=O) groups excluding carboxylic acids is 1. The molecule has 150 valence electrons. The summed E-state index contributed by atoms with van der Waals surface area (Å²) in [6, 6.07) is 12.0. The molecular weight excluding hydrogens is 468 g/mol. The van der Waals surface area contributed by atoms with Crippen molar-refractivity contribution in [2.45, 2.75) is 11.4 Å². The Morgan fingerprint density at radius 3 is 2.32 bits per heavy atom. The van der Waals surface area contributed by atoms with Crippen molar-refractivity contribution in [3.8, 4) is 0 Å². The number of hydrogen-bond donors (Lipinski definition) is 0. The van der Waals surface area contributed by atoms with Gasteiger partial charge in [-0.05, 0) is 35.9 Å². The second kappa shape index (κ2) is 8.92. The highest BCUT2D eigenvalue weighted by Crippen LogP contribution is 2.28. The van der Waals surface area contributed by atoms with Crippen LogP contribution in [-0.2, 0) is 21.3 Å². The molecule has 6 nitrogen and oxygen atoms in total. The first-order valence-corrected chi connectivity index (χ1v) is 11.3. The molecule has 28 heavy (non-hydrogen) atoms. The highest BCUT2D eigenvalue weighted by atomic mass is 79.9. The lowest BCUT2D eigenvalue weighted by molar-refractivity contribution is 0.0600. The molecule has 0 N–H and O–H groups in total. The van der Waals surface area contributed by atoms with Gasteiger partial charge in [0.2, 0.25) is 10.0 Å². The van der Waals surface area contributed by atoms with Crippen LogP contribution in [0.1, 0.15) is 15.9 Å². The molecule has 0 saturated carbocycles. The Morgan fingerprint density at radius 2 is 1.75 bits per heavy atom. The molecule has 0 radical (unpaired) electrons. The number of rotatable bonds is 5. The van der Waals surface area contributed by atoms with E-state index in [0.717, 1.165) is 10.0 Å². The highest BCUT2D eigenvalue weighted by molar-refractivity contribution is 9.10. The highest BCUT2D eigenvalue weighted by Gasteiger charge is 2.30. The van der Waals surface area contributed by atoms with E-state index < -0.39 is 10.0 Å². The predicted octanol–water partition coefficient (Wildman–Crippen LogP) is 3.40. The number of piperazine rings is 1. The topological polar surface area (TPSA) is 66.9 Å². The molecule has 0 aromatic heterocycles. The number of sulfonamides is 1. The standard InChI is InChI=1S/C19H20BrClN2O4S/c1-27-19(24)15-4-2-14(3-5-15)13-22-8-10-23(11-9-22)28(25,26)18-7-6-16(20)12-17(18)21/h2-7,12H,8-11,13H2,1H3. The third kappa shape index (κ3) is 4.75. The average molecular weight is 488 g/mol. The van der Waals surface area contributed by atoms with Crippen molar-refractivity contribution in [1.29, 1.82) is 0 Å². The van der Waals surface area contributed by atoms with E-state index in [4.69, 9.17) is 16.3 Å². The Kier molecular flexibility index (Phi) is 6.77. The zero-order chi connectivity index (χ0) is 20.3. The summed E-state index contributed by atoms with van der Waals surface area (Å²) in [5, 5.41) is 0.211. The van der Waals surface area contributed by atoms with Crippen LogP contribution >= 0.6 is 27.5 Å². The van der Waals surface area contributed by atoms with Crippen molar-refractivity contribution in [2.24, 2.45) is 0 Å². The van der Waals surface area contributed by atoms with Gasteiger partial charge in [-0.2, -0.15) is 4.31 Å². The Balaban J connectivity index is 1.62. The molecule has 0 aliphatic carbocycles. The van der Waals surface area contributed by atoms with Crippen LogP contribution in [0, 0.1) is 0 Å². The first kappa shape index (κ1) is 21.3. The second-order valence-electron chi connectivity index (χ2n) is 6.44. The normalized spacial score (nSPS) is 16.1. The van der Waals surface area contributed by atoms with Gasteiger partial charge >= 0.3 is 5.97 Å². The van der Waals surface area contributed by atoms with E-state index in [9.17, 15) is 13.2 Å². The van der Waals surface area contributed by atoms with E-state index in [0.29, 0.717) is 38.3 Å². The van der Waals surface area contributed by atoms with Crippen molar-refractivity contribution in [2.75, 3.05) is 33.3 Å². The number of benzene rings is 2. The summed E-state index contributed by atoms with van der Waals surface area (Å²) in [5.41, 5.74) is 1.56. The molecule has 0 unspecified atom stereocenters. The summed E-state index contributed by atoms with van der Waals surface area (Å²) in [5.74, 6) is -0.364. The van der Waals surface area contributed by atoms with Crippen LogP contribution in [0.25, 0.3) is 0 Å². The maximum atomic E-state index is 12.9. The minimum atomic E-state index is -3.62. The lowest BCUT2D eigenvalue weighted by Gasteiger charge is -2.34. The third-order valence-corrected chi connectivity index (χ3v) is 7.50. The smallest absolute Gasteiger partial charge is 0.337 e. The number of ether oxygens (including phenoxy) is 1. The van der Waals surface area contributed by atoms with E-state index >= 15 is 0 Å². The van der Waals surface area contributed by atoms with Crippen LogP contribution in [0.4, 0.5) is 0 Å². The van der Waals surface area contributed by atoms with Gasteiger partial charge in [-0.1, -0.05) is 39.7 Å². The number of carbonyl (C=O) groups is 1. The summed E-state index contributed by atoms with van der Waals surface area (Å²) in [6.07, 6.45) is 0. The van der Waals surface area contributed by atoms with Gasteiger partial charge in [0.05, 0.1) is 17.7 Å². The van der Waals surface area contributed by atoms with Gasteiger partial charge in [-0.3, -0.25) is 4.90 Å². The second-order valence-corrected chi connectivity index (χ2v) is 9.67. The Morgan fingerprint density at radius 1 is 1.11 bits per heavy atom. The van der Waals surface area contributed by atoms with Gasteiger partial charge in [-0.15, -0.1) is 0 Å². The molecule has 9 heteroatoms. The zero-order valence-corrected chi connectivity index (χ0v) is 18.4. The molecule has 0 atom stereocenters. The zero-order valence-electron chi connectivity index (χ0n) is 15.3. The molecule has 1 heterocycles. The number of hydrogen-bond acceptors (Lipinski definition) is 5. The molecule has 1 saturated heterocycles. The number of nitrogens with zero attached hydrogens (tertiary/aromatic N) is 2. The van der Waals surface area contributed by atoms with Crippen molar-refractivity contribution in [3.05, 3.63) is 63.1 Å². The lowest BCUT2D eigenvalue weighted by Crippen LogP contribution is -2.48.